The topological polar surface area (TPSA) is 48.7 Å². The lowest BCUT2D eigenvalue weighted by Gasteiger charge is -2.35. The zero-order chi connectivity index (χ0) is 18.5. The van der Waals surface area contributed by atoms with Gasteiger partial charge in [0.25, 0.3) is 5.91 Å². The molecule has 140 valence electrons. The van der Waals surface area contributed by atoms with Crippen LogP contribution < -0.4 is 10.2 Å². The molecule has 1 aromatic carbocycles. The van der Waals surface area contributed by atoms with Crippen LogP contribution >= 0.6 is 0 Å². The van der Waals surface area contributed by atoms with Gasteiger partial charge in [0, 0.05) is 37.9 Å². The number of piperazine rings is 1. The number of halogens is 1. The molecule has 2 aromatic rings. The Labute approximate surface area is 153 Å². The standard InChI is InChI=1S/C20H26FN3O2/c1-3-15(2)22-20(25)19-9-8-18(26-19)14-23-10-12-24(13-11-23)17-6-4-16(21)5-7-17/h4-9,15H,3,10-14H2,1-2H3,(H,22,25). The molecule has 6 heteroatoms. The minimum Gasteiger partial charge on any atom is -0.455 e. The predicted octanol–water partition coefficient (Wildman–Crippen LogP) is 3.27. The Balaban J connectivity index is 1.50. The molecule has 2 heterocycles. The van der Waals surface area contributed by atoms with Crippen molar-refractivity contribution in [1.82, 2.24) is 10.2 Å². The zero-order valence-electron chi connectivity index (χ0n) is 15.4. The average molecular weight is 359 g/mol. The van der Waals surface area contributed by atoms with E-state index in [1.807, 2.05) is 32.0 Å². The summed E-state index contributed by atoms with van der Waals surface area (Å²) in [7, 11) is 0. The molecule has 0 radical (unpaired) electrons. The van der Waals surface area contributed by atoms with Crippen LogP contribution in [0.15, 0.2) is 40.8 Å². The van der Waals surface area contributed by atoms with E-state index in [1.54, 1.807) is 6.07 Å². The van der Waals surface area contributed by atoms with Crippen molar-refractivity contribution >= 4 is 11.6 Å². The van der Waals surface area contributed by atoms with Crippen LogP contribution in [0.25, 0.3) is 0 Å². The molecule has 1 unspecified atom stereocenters. The summed E-state index contributed by atoms with van der Waals surface area (Å²) >= 11 is 0. The number of carbonyl (C=O) groups excluding carboxylic acids is 1. The first kappa shape index (κ1) is 18.5. The Bertz CT molecular complexity index is 721. The minimum atomic E-state index is -0.210. The third-order valence-electron chi connectivity index (χ3n) is 4.82. The van der Waals surface area contributed by atoms with Gasteiger partial charge >= 0.3 is 0 Å². The highest BCUT2D eigenvalue weighted by atomic mass is 19.1. The van der Waals surface area contributed by atoms with Crippen LogP contribution in [0.5, 0.6) is 0 Å². The Hall–Kier alpha value is -2.34. The molecule has 1 N–H and O–H groups in total. The molecule has 1 saturated heterocycles. The van der Waals surface area contributed by atoms with E-state index < -0.39 is 0 Å². The van der Waals surface area contributed by atoms with Crippen LogP contribution in [0, 0.1) is 5.82 Å². The summed E-state index contributed by atoms with van der Waals surface area (Å²) in [6.07, 6.45) is 0.887. The molecule has 0 aliphatic carbocycles. The normalized spacial score (nSPS) is 16.5. The fourth-order valence-electron chi connectivity index (χ4n) is 3.02. The van der Waals surface area contributed by atoms with Gasteiger partial charge in [-0.15, -0.1) is 0 Å². The smallest absolute Gasteiger partial charge is 0.287 e. The van der Waals surface area contributed by atoms with Crippen LogP contribution in [-0.4, -0.2) is 43.0 Å². The van der Waals surface area contributed by atoms with Crippen LogP contribution in [0.2, 0.25) is 0 Å². The number of nitrogens with zero attached hydrogens (tertiary/aromatic N) is 2. The summed E-state index contributed by atoms with van der Waals surface area (Å²) in [5.41, 5.74) is 1.05. The molecule has 1 amide bonds. The Kier molecular flexibility index (Phi) is 5.93. The van der Waals surface area contributed by atoms with E-state index in [1.165, 1.54) is 12.1 Å². The fourth-order valence-corrected chi connectivity index (χ4v) is 3.02. The first-order valence-electron chi connectivity index (χ1n) is 9.17. The third kappa shape index (κ3) is 4.64. The molecule has 0 bridgehead atoms. The highest BCUT2D eigenvalue weighted by molar-refractivity contribution is 5.91. The maximum atomic E-state index is 13.0. The Morgan fingerprint density at radius 3 is 2.50 bits per heavy atom. The number of rotatable bonds is 6. The van der Waals surface area contributed by atoms with E-state index in [2.05, 4.69) is 15.1 Å². The first-order chi connectivity index (χ1) is 12.5. The molecule has 0 spiro atoms. The number of benzene rings is 1. The van der Waals surface area contributed by atoms with Crippen molar-refractivity contribution in [2.45, 2.75) is 32.9 Å². The SMILES string of the molecule is CCC(C)NC(=O)c1ccc(CN2CCN(c3ccc(F)cc3)CC2)o1. The van der Waals surface area contributed by atoms with Crippen molar-refractivity contribution in [1.29, 1.82) is 0 Å². The average Bonchev–Trinajstić information content (AvgIpc) is 3.11. The van der Waals surface area contributed by atoms with E-state index in [-0.39, 0.29) is 17.8 Å². The van der Waals surface area contributed by atoms with Crippen molar-refractivity contribution in [2.75, 3.05) is 31.1 Å². The molecule has 0 saturated carbocycles. The zero-order valence-corrected chi connectivity index (χ0v) is 15.4. The minimum absolute atomic E-state index is 0.135. The van der Waals surface area contributed by atoms with Gasteiger partial charge in [0.05, 0.1) is 6.54 Å². The summed E-state index contributed by atoms with van der Waals surface area (Å²) < 4.78 is 18.8. The number of anilines is 1. The van der Waals surface area contributed by atoms with Crippen LogP contribution in [-0.2, 0) is 6.54 Å². The van der Waals surface area contributed by atoms with Gasteiger partial charge in [-0.2, -0.15) is 0 Å². The molecule has 5 nitrogen and oxygen atoms in total. The van der Waals surface area contributed by atoms with Gasteiger partial charge in [0.1, 0.15) is 11.6 Å². The third-order valence-corrected chi connectivity index (χ3v) is 4.82. The number of hydrogen-bond donors (Lipinski definition) is 1. The van der Waals surface area contributed by atoms with Gasteiger partial charge in [0.2, 0.25) is 0 Å². The summed E-state index contributed by atoms with van der Waals surface area (Å²) in [5.74, 6) is 0.796. The van der Waals surface area contributed by atoms with Gasteiger partial charge in [0.15, 0.2) is 5.76 Å². The highest BCUT2D eigenvalue weighted by Gasteiger charge is 2.19. The van der Waals surface area contributed by atoms with Crippen LogP contribution in [0.1, 0.15) is 36.6 Å². The second-order valence-corrected chi connectivity index (χ2v) is 6.79. The second-order valence-electron chi connectivity index (χ2n) is 6.79. The summed E-state index contributed by atoms with van der Waals surface area (Å²) in [6, 6.07) is 10.4. The Morgan fingerprint density at radius 2 is 1.85 bits per heavy atom. The van der Waals surface area contributed by atoms with E-state index in [0.29, 0.717) is 12.3 Å². The fraction of sp³-hybridized carbons (Fsp3) is 0.450. The van der Waals surface area contributed by atoms with Gasteiger partial charge < -0.3 is 14.6 Å². The summed E-state index contributed by atoms with van der Waals surface area (Å²) in [6.45, 7) is 8.25. The molecule has 1 fully saturated rings. The van der Waals surface area contributed by atoms with Gasteiger partial charge in [-0.05, 0) is 49.7 Å². The molecule has 1 atom stereocenters. The van der Waals surface area contributed by atoms with E-state index in [9.17, 15) is 9.18 Å². The van der Waals surface area contributed by atoms with Crippen molar-refractivity contribution in [3.63, 3.8) is 0 Å². The first-order valence-corrected chi connectivity index (χ1v) is 9.17. The van der Waals surface area contributed by atoms with Crippen molar-refractivity contribution in [3.8, 4) is 0 Å². The maximum Gasteiger partial charge on any atom is 0.287 e. The quantitative estimate of drug-likeness (QED) is 0.860. The van der Waals surface area contributed by atoms with Crippen LogP contribution in [0.4, 0.5) is 10.1 Å². The van der Waals surface area contributed by atoms with E-state index >= 15 is 0 Å². The number of carbonyl (C=O) groups is 1. The summed E-state index contributed by atoms with van der Waals surface area (Å²) in [4.78, 5) is 16.6. The number of amides is 1. The van der Waals surface area contributed by atoms with Crippen LogP contribution in [0.3, 0.4) is 0 Å². The molecular formula is C20H26FN3O2. The second kappa shape index (κ2) is 8.36. The lowest BCUT2D eigenvalue weighted by Crippen LogP contribution is -2.45. The molecule has 26 heavy (non-hydrogen) atoms. The maximum absolute atomic E-state index is 13.0. The van der Waals surface area contributed by atoms with Gasteiger partial charge in [-0.3, -0.25) is 9.69 Å². The van der Waals surface area contributed by atoms with E-state index in [4.69, 9.17) is 4.42 Å². The molecular weight excluding hydrogens is 333 g/mol. The van der Waals surface area contributed by atoms with Crippen molar-refractivity contribution < 1.29 is 13.6 Å². The molecule has 1 aromatic heterocycles. The number of furan rings is 1. The molecule has 1 aliphatic rings. The Morgan fingerprint density at radius 1 is 1.15 bits per heavy atom. The van der Waals surface area contributed by atoms with E-state index in [0.717, 1.165) is 44.0 Å². The van der Waals surface area contributed by atoms with Gasteiger partial charge in [-0.1, -0.05) is 6.92 Å². The lowest BCUT2D eigenvalue weighted by molar-refractivity contribution is 0.0907. The van der Waals surface area contributed by atoms with Crippen molar-refractivity contribution in [2.24, 2.45) is 0 Å². The van der Waals surface area contributed by atoms with Gasteiger partial charge in [-0.25, -0.2) is 4.39 Å². The monoisotopic (exact) mass is 359 g/mol. The van der Waals surface area contributed by atoms with Crippen molar-refractivity contribution in [3.05, 3.63) is 53.7 Å². The summed E-state index contributed by atoms with van der Waals surface area (Å²) in [5, 5.41) is 2.91. The highest BCUT2D eigenvalue weighted by Crippen LogP contribution is 2.18. The molecule has 1 aliphatic heterocycles. The largest absolute Gasteiger partial charge is 0.455 e. The lowest BCUT2D eigenvalue weighted by atomic mass is 10.2. The number of hydrogen-bond acceptors (Lipinski definition) is 4. The number of nitrogens with one attached hydrogen (secondary N) is 1. The molecule has 3 rings (SSSR count). The predicted molar refractivity (Wildman–Crippen MR) is 99.8 cm³/mol.